The van der Waals surface area contributed by atoms with Gasteiger partial charge in [0.1, 0.15) is 17.4 Å². The number of fused-ring (bicyclic) bond motifs is 5. The van der Waals surface area contributed by atoms with Crippen LogP contribution in [-0.4, -0.2) is 35.9 Å². The summed E-state index contributed by atoms with van der Waals surface area (Å²) >= 11 is 5.27. The second-order valence-electron chi connectivity index (χ2n) is 13.8. The lowest BCUT2D eigenvalue weighted by molar-refractivity contribution is -0.153. The number of hydrazone groups is 2. The lowest BCUT2D eigenvalue weighted by atomic mass is 9.44. The number of esters is 1. The molecule has 4 saturated carbocycles. The number of benzene rings is 1. The Bertz CT molecular complexity index is 1320. The van der Waals surface area contributed by atoms with E-state index in [2.05, 4.69) is 41.8 Å². The summed E-state index contributed by atoms with van der Waals surface area (Å²) in [7, 11) is 1.45. The molecule has 8 atom stereocenters. The van der Waals surface area contributed by atoms with Crippen LogP contribution in [0.1, 0.15) is 90.5 Å². The Morgan fingerprint density at radius 3 is 2.65 bits per heavy atom. The number of carbonyl (C=O) groups is 2. The molecule has 1 aromatic carbocycles. The van der Waals surface area contributed by atoms with Crippen molar-refractivity contribution in [2.24, 2.45) is 56.5 Å². The fourth-order valence-corrected chi connectivity index (χ4v) is 9.48. The minimum Gasteiger partial charge on any atom is -0.469 e. The summed E-state index contributed by atoms with van der Waals surface area (Å²) in [5.41, 5.74) is 6.84. The van der Waals surface area contributed by atoms with E-state index in [4.69, 9.17) is 17.0 Å². The van der Waals surface area contributed by atoms with Gasteiger partial charge >= 0.3 is 5.97 Å². The van der Waals surface area contributed by atoms with E-state index in [-0.39, 0.29) is 39.3 Å². The molecule has 2 N–H and O–H groups in total. The standard InChI is InChI=1S/C33H44F2N4O3S/c1-19(5-10-29(41)42-4)24-8-9-25-30-26(12-14-33(24,25)3)32(2)13-11-23(15-21(32)16-28(30)40)37-39-31(43)38-36-18-20-6-7-22(34)17-27(20)35/h6-7,17-19,21,24-26,30H,5,8-16H2,1-4H3,(H2,38,39,43)/b36-18+,37-23+/t19-,21+,24-,25+,26+,30+,32+,33-/m1/s1. The minimum atomic E-state index is -0.709. The number of Topliss-reactive ketones (excluding diaryl/α,β-unsaturated/α-hetero) is 1. The van der Waals surface area contributed by atoms with Crippen LogP contribution in [0, 0.1) is 58.0 Å². The van der Waals surface area contributed by atoms with E-state index < -0.39 is 11.6 Å². The third-order valence-corrected chi connectivity index (χ3v) is 11.9. The maximum atomic E-state index is 13.9. The average Bonchev–Trinajstić information content (AvgIpc) is 3.33. The van der Waals surface area contributed by atoms with Crippen LogP contribution < -0.4 is 10.9 Å². The monoisotopic (exact) mass is 614 g/mol. The molecular formula is C33H44F2N4O3S. The molecule has 0 unspecified atom stereocenters. The summed E-state index contributed by atoms with van der Waals surface area (Å²) in [5.74, 6) is 1.12. The van der Waals surface area contributed by atoms with Crippen molar-refractivity contribution in [3.05, 3.63) is 35.4 Å². The van der Waals surface area contributed by atoms with Crippen molar-refractivity contribution in [2.45, 2.75) is 85.0 Å². The van der Waals surface area contributed by atoms with E-state index >= 15 is 0 Å². The van der Waals surface area contributed by atoms with Crippen LogP contribution in [0.15, 0.2) is 28.4 Å². The topological polar surface area (TPSA) is 92.2 Å². The van der Waals surface area contributed by atoms with Gasteiger partial charge < -0.3 is 4.74 Å². The van der Waals surface area contributed by atoms with Crippen molar-refractivity contribution in [3.63, 3.8) is 0 Å². The largest absolute Gasteiger partial charge is 0.469 e. The summed E-state index contributed by atoms with van der Waals surface area (Å²) in [5, 5.41) is 8.63. The first-order chi connectivity index (χ1) is 20.5. The van der Waals surface area contributed by atoms with E-state index in [0.717, 1.165) is 69.2 Å². The van der Waals surface area contributed by atoms with Gasteiger partial charge in [-0.25, -0.2) is 8.78 Å². The molecule has 7 nitrogen and oxygen atoms in total. The maximum absolute atomic E-state index is 13.9. The van der Waals surface area contributed by atoms with Crippen molar-refractivity contribution in [1.82, 2.24) is 10.9 Å². The molecule has 10 heteroatoms. The molecule has 1 aromatic rings. The van der Waals surface area contributed by atoms with E-state index in [1.165, 1.54) is 19.4 Å². The molecule has 0 amide bonds. The fraction of sp³-hybridized carbons (Fsp3) is 0.667. The van der Waals surface area contributed by atoms with Crippen LogP contribution in [0.5, 0.6) is 0 Å². The van der Waals surface area contributed by atoms with Crippen LogP contribution in [-0.2, 0) is 14.3 Å². The zero-order valence-electron chi connectivity index (χ0n) is 25.6. The van der Waals surface area contributed by atoms with E-state index in [0.29, 0.717) is 42.3 Å². The molecule has 0 aliphatic heterocycles. The van der Waals surface area contributed by atoms with Crippen molar-refractivity contribution in [2.75, 3.05) is 7.11 Å². The van der Waals surface area contributed by atoms with Crippen molar-refractivity contribution < 1.29 is 23.1 Å². The Morgan fingerprint density at radius 2 is 1.91 bits per heavy atom. The number of nitrogens with zero attached hydrogens (tertiary/aromatic N) is 2. The number of rotatable bonds is 7. The summed E-state index contributed by atoms with van der Waals surface area (Å²) in [6.45, 7) is 7.12. The Morgan fingerprint density at radius 1 is 1.14 bits per heavy atom. The predicted molar refractivity (Wildman–Crippen MR) is 166 cm³/mol. The van der Waals surface area contributed by atoms with Gasteiger partial charge in [0.15, 0.2) is 0 Å². The van der Waals surface area contributed by atoms with Crippen LogP contribution in [0.3, 0.4) is 0 Å². The second-order valence-corrected chi connectivity index (χ2v) is 14.2. The number of hydrogen-bond acceptors (Lipinski definition) is 6. The normalized spacial score (nSPS) is 35.2. The molecule has 0 bridgehead atoms. The molecule has 0 saturated heterocycles. The number of thiocarbonyl (C=S) groups is 1. The Kier molecular flexibility index (Phi) is 9.35. The summed E-state index contributed by atoms with van der Waals surface area (Å²) in [6, 6.07) is 3.26. The van der Waals surface area contributed by atoms with Crippen LogP contribution >= 0.6 is 12.2 Å². The molecule has 0 spiro atoms. The van der Waals surface area contributed by atoms with E-state index in [1.54, 1.807) is 0 Å². The fourth-order valence-electron chi connectivity index (χ4n) is 9.39. The van der Waals surface area contributed by atoms with Crippen LogP contribution in [0.2, 0.25) is 0 Å². The second kappa shape index (κ2) is 12.7. The Labute approximate surface area is 258 Å². The van der Waals surface area contributed by atoms with Crippen molar-refractivity contribution in [1.29, 1.82) is 0 Å². The van der Waals surface area contributed by atoms with E-state index in [1.807, 2.05) is 0 Å². The molecule has 4 aliphatic carbocycles. The lowest BCUT2D eigenvalue weighted by Gasteiger charge is -2.60. The molecule has 234 valence electrons. The zero-order valence-corrected chi connectivity index (χ0v) is 26.4. The van der Waals surface area contributed by atoms with Crippen molar-refractivity contribution in [3.8, 4) is 0 Å². The molecule has 0 aromatic heterocycles. The number of ketones is 1. The predicted octanol–water partition coefficient (Wildman–Crippen LogP) is 6.55. The number of nitrogens with one attached hydrogen (secondary N) is 2. The Balaban J connectivity index is 1.19. The number of halogens is 2. The number of ether oxygens (including phenoxy) is 1. The van der Waals surface area contributed by atoms with Crippen LogP contribution in [0.4, 0.5) is 8.78 Å². The molecular weight excluding hydrogens is 570 g/mol. The third-order valence-electron chi connectivity index (χ3n) is 11.7. The first kappa shape index (κ1) is 31.7. The van der Waals surface area contributed by atoms with Gasteiger partial charge in [-0.3, -0.25) is 20.4 Å². The van der Waals surface area contributed by atoms with Gasteiger partial charge in [-0.2, -0.15) is 10.2 Å². The highest BCUT2D eigenvalue weighted by molar-refractivity contribution is 7.80. The summed E-state index contributed by atoms with van der Waals surface area (Å²) < 4.78 is 31.8. The quantitative estimate of drug-likeness (QED) is 0.157. The highest BCUT2D eigenvalue weighted by Crippen LogP contribution is 2.67. The van der Waals surface area contributed by atoms with Crippen LogP contribution in [0.25, 0.3) is 0 Å². The average molecular weight is 615 g/mol. The van der Waals surface area contributed by atoms with Crippen molar-refractivity contribution >= 4 is 41.0 Å². The maximum Gasteiger partial charge on any atom is 0.305 e. The van der Waals surface area contributed by atoms with Gasteiger partial charge in [0, 0.05) is 36.1 Å². The lowest BCUT2D eigenvalue weighted by Crippen LogP contribution is -2.57. The van der Waals surface area contributed by atoms with Gasteiger partial charge in [0.2, 0.25) is 5.11 Å². The molecule has 0 radical (unpaired) electrons. The number of hydrogen-bond donors (Lipinski definition) is 2. The molecule has 0 heterocycles. The minimum absolute atomic E-state index is 0.107. The van der Waals surface area contributed by atoms with Gasteiger partial charge in [-0.15, -0.1) is 0 Å². The van der Waals surface area contributed by atoms with Gasteiger partial charge in [0.25, 0.3) is 0 Å². The molecule has 4 fully saturated rings. The van der Waals surface area contributed by atoms with Gasteiger partial charge in [-0.05, 0) is 116 Å². The smallest absolute Gasteiger partial charge is 0.305 e. The highest BCUT2D eigenvalue weighted by Gasteiger charge is 2.62. The summed E-state index contributed by atoms with van der Waals surface area (Å²) in [6.07, 6.45) is 10.2. The first-order valence-electron chi connectivity index (χ1n) is 15.6. The SMILES string of the molecule is COC(=O)CC[C@@H](C)[C@H]1CC[C@H]2[C@@H]3C(=O)C[C@@H]4C/C(=N/NC(=S)N/N=C/c5ccc(F)cc5F)CC[C@]4(C)[C@H]3CC[C@]12C. The summed E-state index contributed by atoms with van der Waals surface area (Å²) in [4.78, 5) is 25.7. The zero-order chi connectivity index (χ0) is 30.9. The van der Waals surface area contributed by atoms with Gasteiger partial charge in [0.05, 0.1) is 13.3 Å². The van der Waals surface area contributed by atoms with E-state index in [9.17, 15) is 18.4 Å². The molecule has 43 heavy (non-hydrogen) atoms. The first-order valence-corrected chi connectivity index (χ1v) is 16.1. The number of methoxy groups -OCH3 is 1. The molecule has 5 rings (SSSR count). The number of carbonyl (C=O) groups excluding carboxylic acids is 2. The van der Waals surface area contributed by atoms with Gasteiger partial charge in [-0.1, -0.05) is 20.8 Å². The highest BCUT2D eigenvalue weighted by atomic mass is 32.1. The Hall–Kier alpha value is -2.75. The molecule has 4 aliphatic rings. The third kappa shape index (κ3) is 6.26.